The van der Waals surface area contributed by atoms with Crippen LogP contribution in [-0.4, -0.2) is 37.7 Å². The Kier molecular flexibility index (Phi) is 5.72. The molecule has 0 saturated carbocycles. The molecule has 7 nitrogen and oxygen atoms in total. The number of anilines is 3. The van der Waals surface area contributed by atoms with E-state index in [-0.39, 0.29) is 11.7 Å². The Balaban J connectivity index is 2.24. The predicted molar refractivity (Wildman–Crippen MR) is 71.1 cm³/mol. The highest BCUT2D eigenvalue weighted by molar-refractivity contribution is 5.76. The number of amides is 1. The second-order valence-electron chi connectivity index (χ2n) is 3.69. The van der Waals surface area contributed by atoms with Crippen molar-refractivity contribution in [3.63, 3.8) is 0 Å². The van der Waals surface area contributed by atoms with Crippen LogP contribution in [0.2, 0.25) is 0 Å². The van der Waals surface area contributed by atoms with Gasteiger partial charge in [0, 0.05) is 26.6 Å². The van der Waals surface area contributed by atoms with Crippen LogP contribution >= 0.6 is 0 Å². The number of carbonyl (C=O) groups is 1. The summed E-state index contributed by atoms with van der Waals surface area (Å²) in [4.78, 5) is 15.4. The maximum atomic E-state index is 11.4. The summed E-state index contributed by atoms with van der Waals surface area (Å²) in [6.45, 7) is 1.51. The first-order valence-corrected chi connectivity index (χ1v) is 5.65. The van der Waals surface area contributed by atoms with Crippen LogP contribution in [0.4, 0.5) is 17.3 Å². The molecule has 6 N–H and O–H groups in total. The average Bonchev–Trinajstić information content (AvgIpc) is 2.34. The maximum absolute atomic E-state index is 11.4. The van der Waals surface area contributed by atoms with E-state index in [0.29, 0.717) is 37.6 Å². The van der Waals surface area contributed by atoms with Crippen LogP contribution in [0.5, 0.6) is 0 Å². The molecular weight excluding hydrogens is 234 g/mol. The molecule has 0 aromatic carbocycles. The second kappa shape index (κ2) is 7.33. The van der Waals surface area contributed by atoms with Gasteiger partial charge in [-0.05, 0) is 12.1 Å². The molecule has 100 valence electrons. The molecule has 0 spiro atoms. The van der Waals surface area contributed by atoms with Crippen LogP contribution in [0.15, 0.2) is 12.1 Å². The smallest absolute Gasteiger partial charge is 0.221 e. The van der Waals surface area contributed by atoms with Crippen LogP contribution in [0.1, 0.15) is 6.42 Å². The van der Waals surface area contributed by atoms with Gasteiger partial charge in [0.05, 0.1) is 12.3 Å². The third kappa shape index (κ3) is 4.88. The minimum atomic E-state index is -0.0389. The number of carbonyl (C=O) groups excluding carboxylic acids is 1. The number of aromatic nitrogens is 1. The molecule has 0 aliphatic carbocycles. The summed E-state index contributed by atoms with van der Waals surface area (Å²) in [6, 6.07) is 3.39. The van der Waals surface area contributed by atoms with Gasteiger partial charge in [0.25, 0.3) is 0 Å². The van der Waals surface area contributed by atoms with Crippen molar-refractivity contribution in [2.45, 2.75) is 6.42 Å². The molecular formula is C11H19N5O2. The number of ether oxygens (including phenoxy) is 1. The maximum Gasteiger partial charge on any atom is 0.221 e. The summed E-state index contributed by atoms with van der Waals surface area (Å²) in [5.41, 5.74) is 11.5. The molecule has 0 aliphatic heterocycles. The summed E-state index contributed by atoms with van der Waals surface area (Å²) in [5.74, 6) is 0.846. The van der Waals surface area contributed by atoms with Gasteiger partial charge in [0.15, 0.2) is 0 Å². The first-order chi connectivity index (χ1) is 8.63. The molecule has 0 aliphatic rings. The Morgan fingerprint density at radius 2 is 2.17 bits per heavy atom. The standard InChI is InChI=1S/C11H19N5O2/c1-18-7-6-15-10(17)4-5-14-9-3-2-8(12)11(13)16-9/h2-3H,4-7,12H2,1H3,(H,15,17)(H3,13,14,16). The predicted octanol–water partition coefficient (Wildman–Crippen LogP) is -0.189. The fourth-order valence-corrected chi connectivity index (χ4v) is 1.27. The minimum Gasteiger partial charge on any atom is -0.396 e. The fourth-order valence-electron chi connectivity index (χ4n) is 1.27. The largest absolute Gasteiger partial charge is 0.396 e. The second-order valence-corrected chi connectivity index (χ2v) is 3.69. The molecule has 0 bridgehead atoms. The summed E-state index contributed by atoms with van der Waals surface area (Å²) in [5, 5.41) is 5.72. The fraction of sp³-hybridized carbons (Fsp3) is 0.455. The van der Waals surface area contributed by atoms with Crippen molar-refractivity contribution in [3.05, 3.63) is 12.1 Å². The van der Waals surface area contributed by atoms with Crippen molar-refractivity contribution in [3.8, 4) is 0 Å². The van der Waals surface area contributed by atoms with Crippen molar-refractivity contribution in [2.75, 3.05) is 43.6 Å². The number of methoxy groups -OCH3 is 1. The van der Waals surface area contributed by atoms with Gasteiger partial charge < -0.3 is 26.8 Å². The van der Waals surface area contributed by atoms with Crippen LogP contribution in [0.3, 0.4) is 0 Å². The van der Waals surface area contributed by atoms with Crippen molar-refractivity contribution in [1.29, 1.82) is 0 Å². The summed E-state index contributed by atoms with van der Waals surface area (Å²) in [7, 11) is 1.59. The molecule has 0 atom stereocenters. The molecule has 1 aromatic rings. The molecule has 0 unspecified atom stereocenters. The normalized spacial score (nSPS) is 10.1. The van der Waals surface area contributed by atoms with Crippen LogP contribution < -0.4 is 22.1 Å². The molecule has 7 heteroatoms. The van der Waals surface area contributed by atoms with E-state index in [0.717, 1.165) is 0 Å². The van der Waals surface area contributed by atoms with Crippen LogP contribution in [0, 0.1) is 0 Å². The van der Waals surface area contributed by atoms with Gasteiger partial charge in [0.1, 0.15) is 11.6 Å². The van der Waals surface area contributed by atoms with E-state index >= 15 is 0 Å². The molecule has 1 amide bonds. The molecule has 1 aromatic heterocycles. The number of nitrogens with zero attached hydrogens (tertiary/aromatic N) is 1. The zero-order valence-electron chi connectivity index (χ0n) is 10.4. The van der Waals surface area contributed by atoms with E-state index < -0.39 is 0 Å². The molecule has 0 radical (unpaired) electrons. The minimum absolute atomic E-state index is 0.0389. The van der Waals surface area contributed by atoms with Gasteiger partial charge in [-0.25, -0.2) is 4.98 Å². The third-order valence-corrected chi connectivity index (χ3v) is 2.24. The third-order valence-electron chi connectivity index (χ3n) is 2.24. The number of rotatable bonds is 7. The van der Waals surface area contributed by atoms with E-state index in [1.165, 1.54) is 0 Å². The molecule has 1 rings (SSSR count). The quantitative estimate of drug-likeness (QED) is 0.501. The van der Waals surface area contributed by atoms with Gasteiger partial charge in [-0.15, -0.1) is 0 Å². The number of pyridine rings is 1. The number of nitrogen functional groups attached to an aromatic ring is 2. The Bertz CT molecular complexity index is 397. The average molecular weight is 253 g/mol. The van der Waals surface area contributed by atoms with Crippen molar-refractivity contribution < 1.29 is 9.53 Å². The Hall–Kier alpha value is -2.02. The molecule has 0 fully saturated rings. The lowest BCUT2D eigenvalue weighted by Gasteiger charge is -2.07. The van der Waals surface area contributed by atoms with E-state index in [4.69, 9.17) is 16.2 Å². The number of nitrogens with one attached hydrogen (secondary N) is 2. The molecule has 1 heterocycles. The van der Waals surface area contributed by atoms with Gasteiger partial charge in [-0.1, -0.05) is 0 Å². The van der Waals surface area contributed by atoms with Gasteiger partial charge in [0.2, 0.25) is 5.91 Å². The molecule has 18 heavy (non-hydrogen) atoms. The molecule has 0 saturated heterocycles. The Morgan fingerprint density at radius 1 is 1.39 bits per heavy atom. The van der Waals surface area contributed by atoms with Crippen molar-refractivity contribution in [2.24, 2.45) is 0 Å². The highest BCUT2D eigenvalue weighted by atomic mass is 16.5. The first kappa shape index (κ1) is 14.0. The van der Waals surface area contributed by atoms with Crippen molar-refractivity contribution in [1.82, 2.24) is 10.3 Å². The lowest BCUT2D eigenvalue weighted by Crippen LogP contribution is -2.28. The monoisotopic (exact) mass is 253 g/mol. The lowest BCUT2D eigenvalue weighted by atomic mass is 10.3. The van der Waals surface area contributed by atoms with E-state index in [1.54, 1.807) is 19.2 Å². The number of hydrogen-bond donors (Lipinski definition) is 4. The lowest BCUT2D eigenvalue weighted by molar-refractivity contribution is -0.121. The Labute approximate surface area is 106 Å². The number of nitrogens with two attached hydrogens (primary N) is 2. The SMILES string of the molecule is COCCNC(=O)CCNc1ccc(N)c(N)n1. The van der Waals surface area contributed by atoms with Crippen molar-refractivity contribution >= 4 is 23.2 Å². The highest BCUT2D eigenvalue weighted by Gasteiger charge is 2.02. The summed E-state index contributed by atoms with van der Waals surface area (Å²) >= 11 is 0. The van der Waals surface area contributed by atoms with E-state index in [1.807, 2.05) is 0 Å². The van der Waals surface area contributed by atoms with Gasteiger partial charge in [-0.2, -0.15) is 0 Å². The first-order valence-electron chi connectivity index (χ1n) is 5.65. The highest BCUT2D eigenvalue weighted by Crippen LogP contribution is 2.14. The van der Waals surface area contributed by atoms with Crippen LogP contribution in [-0.2, 0) is 9.53 Å². The zero-order chi connectivity index (χ0) is 13.4. The topological polar surface area (TPSA) is 115 Å². The Morgan fingerprint density at radius 3 is 2.83 bits per heavy atom. The zero-order valence-corrected chi connectivity index (χ0v) is 10.4. The van der Waals surface area contributed by atoms with E-state index in [2.05, 4.69) is 15.6 Å². The summed E-state index contributed by atoms with van der Waals surface area (Å²) in [6.07, 6.45) is 0.357. The summed E-state index contributed by atoms with van der Waals surface area (Å²) < 4.78 is 4.82. The number of hydrogen-bond acceptors (Lipinski definition) is 6. The van der Waals surface area contributed by atoms with Crippen LogP contribution in [0.25, 0.3) is 0 Å². The van der Waals surface area contributed by atoms with Gasteiger partial charge >= 0.3 is 0 Å². The van der Waals surface area contributed by atoms with Gasteiger partial charge in [-0.3, -0.25) is 4.79 Å². The van der Waals surface area contributed by atoms with E-state index in [9.17, 15) is 4.79 Å².